The van der Waals surface area contributed by atoms with Crippen LogP contribution in [0.15, 0.2) is 4.52 Å². The summed E-state index contributed by atoms with van der Waals surface area (Å²) in [6.45, 7) is 6.12. The van der Waals surface area contributed by atoms with Crippen molar-refractivity contribution < 1.29 is 18.7 Å². The van der Waals surface area contributed by atoms with Gasteiger partial charge in [0.1, 0.15) is 12.1 Å². The molecule has 2 N–H and O–H groups in total. The molecule has 7 heteroatoms. The molecule has 0 amide bonds. The maximum Gasteiger partial charge on any atom is 0.252 e. The van der Waals surface area contributed by atoms with Crippen LogP contribution in [0.1, 0.15) is 32.0 Å². The Kier molecular flexibility index (Phi) is 6.93. The minimum atomic E-state index is -0.760. The Morgan fingerprint density at radius 1 is 1.26 bits per heavy atom. The van der Waals surface area contributed by atoms with Crippen molar-refractivity contribution in [3.8, 4) is 0 Å². The van der Waals surface area contributed by atoms with Gasteiger partial charge >= 0.3 is 0 Å². The van der Waals surface area contributed by atoms with Gasteiger partial charge in [0.2, 0.25) is 0 Å². The number of ether oxygens (including phenoxy) is 3. The lowest BCUT2D eigenvalue weighted by atomic mass is 10.1. The Labute approximate surface area is 113 Å². The van der Waals surface area contributed by atoms with Crippen molar-refractivity contribution in [2.75, 3.05) is 33.5 Å². The van der Waals surface area contributed by atoms with Crippen molar-refractivity contribution in [2.24, 2.45) is 5.73 Å². The predicted octanol–water partition coefficient (Wildman–Crippen LogP) is 0.833. The summed E-state index contributed by atoms with van der Waals surface area (Å²) in [5.74, 6) is 0.826. The van der Waals surface area contributed by atoms with Gasteiger partial charge in [-0.1, -0.05) is 12.1 Å². The molecule has 1 rings (SSSR count). The van der Waals surface area contributed by atoms with Crippen molar-refractivity contribution in [2.45, 2.75) is 32.4 Å². The molecule has 0 spiro atoms. The smallest absolute Gasteiger partial charge is 0.252 e. The molecule has 19 heavy (non-hydrogen) atoms. The molecule has 110 valence electrons. The summed E-state index contributed by atoms with van der Waals surface area (Å²) in [5.41, 5.74) is 5.34. The first kappa shape index (κ1) is 16.0. The summed E-state index contributed by atoms with van der Waals surface area (Å²) in [7, 11) is 1.62. The summed E-state index contributed by atoms with van der Waals surface area (Å²) in [4.78, 5) is 4.21. The zero-order chi connectivity index (χ0) is 14.1. The number of hydrogen-bond donors (Lipinski definition) is 1. The molecule has 1 unspecified atom stereocenters. The number of hydrogen-bond acceptors (Lipinski definition) is 7. The quantitative estimate of drug-likeness (QED) is 0.631. The molecule has 1 aromatic rings. The summed E-state index contributed by atoms with van der Waals surface area (Å²) in [6.07, 6.45) is 0.945. The highest BCUT2D eigenvalue weighted by atomic mass is 16.5. The average molecular weight is 273 g/mol. The number of nitrogens with zero attached hydrogens (tertiary/aromatic N) is 2. The van der Waals surface area contributed by atoms with Gasteiger partial charge in [0.05, 0.1) is 19.8 Å². The van der Waals surface area contributed by atoms with Gasteiger partial charge in [-0.15, -0.1) is 0 Å². The van der Waals surface area contributed by atoms with Gasteiger partial charge in [-0.25, -0.2) is 0 Å². The van der Waals surface area contributed by atoms with E-state index in [0.29, 0.717) is 38.1 Å². The lowest BCUT2D eigenvalue weighted by molar-refractivity contribution is 0.0494. The van der Waals surface area contributed by atoms with Crippen LogP contribution in [0.5, 0.6) is 0 Å². The molecule has 0 aliphatic heterocycles. The van der Waals surface area contributed by atoms with Gasteiger partial charge in [-0.2, -0.15) is 4.98 Å². The van der Waals surface area contributed by atoms with E-state index in [9.17, 15) is 0 Å². The third kappa shape index (κ3) is 5.65. The van der Waals surface area contributed by atoms with Gasteiger partial charge in [0, 0.05) is 13.7 Å². The minimum Gasteiger partial charge on any atom is -0.382 e. The Morgan fingerprint density at radius 3 is 2.74 bits per heavy atom. The van der Waals surface area contributed by atoms with Crippen molar-refractivity contribution in [3.05, 3.63) is 11.7 Å². The summed E-state index contributed by atoms with van der Waals surface area (Å²) in [5, 5.41) is 3.86. The molecule has 1 heterocycles. The number of aromatic nitrogens is 2. The van der Waals surface area contributed by atoms with E-state index < -0.39 is 5.54 Å². The van der Waals surface area contributed by atoms with E-state index in [2.05, 4.69) is 10.1 Å². The van der Waals surface area contributed by atoms with E-state index in [-0.39, 0.29) is 6.61 Å². The minimum absolute atomic E-state index is 0.252. The molecule has 0 saturated carbocycles. The van der Waals surface area contributed by atoms with Gasteiger partial charge < -0.3 is 24.5 Å². The molecular formula is C12H23N3O4. The van der Waals surface area contributed by atoms with E-state index in [0.717, 1.165) is 6.42 Å². The molecule has 0 saturated heterocycles. The van der Waals surface area contributed by atoms with Crippen LogP contribution < -0.4 is 5.73 Å². The maximum atomic E-state index is 6.10. The summed E-state index contributed by atoms with van der Waals surface area (Å²) < 4.78 is 20.7. The first-order valence-electron chi connectivity index (χ1n) is 6.36. The molecule has 0 radical (unpaired) electrons. The van der Waals surface area contributed by atoms with Crippen LogP contribution in [0.2, 0.25) is 0 Å². The highest BCUT2D eigenvalue weighted by molar-refractivity contribution is 5.01. The zero-order valence-electron chi connectivity index (χ0n) is 11.8. The second-order valence-corrected chi connectivity index (χ2v) is 4.53. The average Bonchev–Trinajstić information content (AvgIpc) is 2.84. The van der Waals surface area contributed by atoms with Gasteiger partial charge in [0.25, 0.3) is 5.89 Å². The van der Waals surface area contributed by atoms with E-state index in [1.165, 1.54) is 0 Å². The van der Waals surface area contributed by atoms with Crippen LogP contribution >= 0.6 is 0 Å². The standard InChI is InChI=1S/C12H23N3O4/c1-4-5-18-9-12(2,13)11-14-10(19-15-11)8-17-7-6-16-3/h4-9,13H2,1-3H3. The van der Waals surface area contributed by atoms with Gasteiger partial charge in [-0.05, 0) is 13.3 Å². The van der Waals surface area contributed by atoms with Crippen LogP contribution in [-0.2, 0) is 26.4 Å². The molecule has 0 aromatic carbocycles. The third-order valence-electron chi connectivity index (χ3n) is 2.39. The molecule has 1 aromatic heterocycles. The fourth-order valence-electron chi connectivity index (χ4n) is 1.34. The lowest BCUT2D eigenvalue weighted by Gasteiger charge is -2.19. The first-order chi connectivity index (χ1) is 9.10. The second kappa shape index (κ2) is 8.21. The highest BCUT2D eigenvalue weighted by Gasteiger charge is 2.27. The van der Waals surface area contributed by atoms with Crippen LogP contribution in [0.3, 0.4) is 0 Å². The van der Waals surface area contributed by atoms with Crippen LogP contribution in [-0.4, -0.2) is 43.7 Å². The topological polar surface area (TPSA) is 92.6 Å². The molecule has 0 bridgehead atoms. The highest BCUT2D eigenvalue weighted by Crippen LogP contribution is 2.15. The fourth-order valence-corrected chi connectivity index (χ4v) is 1.34. The lowest BCUT2D eigenvalue weighted by Crippen LogP contribution is -2.39. The van der Waals surface area contributed by atoms with Crippen LogP contribution in [0, 0.1) is 0 Å². The number of methoxy groups -OCH3 is 1. The van der Waals surface area contributed by atoms with Crippen LogP contribution in [0.4, 0.5) is 0 Å². The van der Waals surface area contributed by atoms with Crippen molar-refractivity contribution >= 4 is 0 Å². The largest absolute Gasteiger partial charge is 0.382 e. The molecule has 0 aliphatic carbocycles. The van der Waals surface area contributed by atoms with Crippen molar-refractivity contribution in [3.63, 3.8) is 0 Å². The molecule has 1 atom stereocenters. The monoisotopic (exact) mass is 273 g/mol. The number of nitrogens with two attached hydrogens (primary N) is 1. The van der Waals surface area contributed by atoms with E-state index in [4.69, 9.17) is 24.5 Å². The zero-order valence-corrected chi connectivity index (χ0v) is 11.8. The normalized spacial score (nSPS) is 14.5. The molecule has 7 nitrogen and oxygen atoms in total. The first-order valence-corrected chi connectivity index (χ1v) is 6.36. The second-order valence-electron chi connectivity index (χ2n) is 4.53. The van der Waals surface area contributed by atoms with Crippen molar-refractivity contribution in [1.82, 2.24) is 10.1 Å². The Hall–Kier alpha value is -1.02. The predicted molar refractivity (Wildman–Crippen MR) is 68.5 cm³/mol. The third-order valence-corrected chi connectivity index (χ3v) is 2.39. The Bertz CT molecular complexity index is 354. The Balaban J connectivity index is 2.43. The van der Waals surface area contributed by atoms with Crippen molar-refractivity contribution in [1.29, 1.82) is 0 Å². The van der Waals surface area contributed by atoms with Gasteiger partial charge in [-0.3, -0.25) is 0 Å². The van der Waals surface area contributed by atoms with Gasteiger partial charge in [0.15, 0.2) is 5.82 Å². The molecule has 0 aliphatic rings. The fraction of sp³-hybridized carbons (Fsp3) is 0.833. The maximum absolute atomic E-state index is 6.10. The van der Waals surface area contributed by atoms with Crippen LogP contribution in [0.25, 0.3) is 0 Å². The number of rotatable bonds is 10. The molecule has 0 fully saturated rings. The molecular weight excluding hydrogens is 250 g/mol. The summed E-state index contributed by atoms with van der Waals surface area (Å²) >= 11 is 0. The Morgan fingerprint density at radius 2 is 2.05 bits per heavy atom. The van der Waals surface area contributed by atoms with E-state index >= 15 is 0 Å². The van der Waals surface area contributed by atoms with E-state index in [1.807, 2.05) is 13.8 Å². The van der Waals surface area contributed by atoms with E-state index in [1.54, 1.807) is 7.11 Å². The summed E-state index contributed by atoms with van der Waals surface area (Å²) in [6, 6.07) is 0. The SMILES string of the molecule is CCCOCC(C)(N)c1noc(COCCOC)n1.